The minimum atomic E-state index is -1.46. The van der Waals surface area contributed by atoms with Gasteiger partial charge in [0.25, 0.3) is 0 Å². The third kappa shape index (κ3) is 17.6. The molecular weight excluding hydrogens is 739 g/mol. The number of amides is 1. The average Bonchev–Trinajstić information content (AvgIpc) is 3.21. The molecular formula is C47H65NO10. The predicted molar refractivity (Wildman–Crippen MR) is 228 cm³/mol. The summed E-state index contributed by atoms with van der Waals surface area (Å²) in [5.74, 6) is -2.39. The summed E-state index contributed by atoms with van der Waals surface area (Å²) in [7, 11) is 0. The second-order valence-electron chi connectivity index (χ2n) is 14.9. The lowest BCUT2D eigenvalue weighted by atomic mass is 10.0. The van der Waals surface area contributed by atoms with Gasteiger partial charge in [-0.15, -0.1) is 0 Å². The average molecular weight is 804 g/mol. The van der Waals surface area contributed by atoms with Gasteiger partial charge in [0.05, 0.1) is 36.5 Å². The highest BCUT2D eigenvalue weighted by molar-refractivity contribution is 6.06. The first-order chi connectivity index (χ1) is 28.1. The van der Waals surface area contributed by atoms with Crippen LogP contribution < -0.4 is 19.1 Å². The minimum Gasteiger partial charge on any atom is -0.493 e. The molecule has 0 bridgehead atoms. The lowest BCUT2D eigenvalue weighted by Crippen LogP contribution is -2.26. The van der Waals surface area contributed by atoms with Crippen molar-refractivity contribution in [3.63, 3.8) is 0 Å². The highest BCUT2D eigenvalue weighted by Gasteiger charge is 2.23. The number of ether oxygens (including phenoxy) is 3. The zero-order valence-corrected chi connectivity index (χ0v) is 34.7. The van der Waals surface area contributed by atoms with E-state index in [9.17, 15) is 34.5 Å². The molecule has 11 nitrogen and oxygen atoms in total. The van der Waals surface area contributed by atoms with Crippen molar-refractivity contribution in [1.29, 1.82) is 0 Å². The molecule has 1 amide bonds. The van der Waals surface area contributed by atoms with E-state index in [4.69, 9.17) is 14.2 Å². The largest absolute Gasteiger partial charge is 0.493 e. The van der Waals surface area contributed by atoms with Crippen LogP contribution in [0.4, 0.5) is 11.4 Å². The van der Waals surface area contributed by atoms with E-state index in [-0.39, 0.29) is 23.4 Å². The molecule has 0 radical (unpaired) electrons. The number of unbranched alkanes of at least 4 members (excludes halogenated alkanes) is 16. The molecule has 0 aliphatic heterocycles. The van der Waals surface area contributed by atoms with Crippen LogP contribution in [0.25, 0.3) is 0 Å². The summed E-state index contributed by atoms with van der Waals surface area (Å²) in [6.45, 7) is 6.12. The van der Waals surface area contributed by atoms with Gasteiger partial charge in [0.1, 0.15) is 17.2 Å². The van der Waals surface area contributed by atoms with Crippen molar-refractivity contribution in [2.75, 3.05) is 24.7 Å². The number of hydrogen-bond donors (Lipinski definition) is 3. The van der Waals surface area contributed by atoms with Crippen LogP contribution in [0.15, 0.2) is 60.7 Å². The van der Waals surface area contributed by atoms with E-state index in [1.807, 2.05) is 18.2 Å². The van der Waals surface area contributed by atoms with E-state index >= 15 is 0 Å². The number of carboxylic acids is 3. The first-order valence-corrected chi connectivity index (χ1v) is 21.4. The predicted octanol–water partition coefficient (Wildman–Crippen LogP) is 12.1. The van der Waals surface area contributed by atoms with Crippen LogP contribution in [-0.2, 0) is 4.79 Å². The summed E-state index contributed by atoms with van der Waals surface area (Å²) < 4.78 is 18.5. The van der Waals surface area contributed by atoms with Crippen molar-refractivity contribution in [1.82, 2.24) is 0 Å². The molecule has 0 fully saturated rings. The molecule has 3 aromatic carbocycles. The van der Waals surface area contributed by atoms with Gasteiger partial charge in [-0.1, -0.05) is 110 Å². The Kier molecular flexibility index (Phi) is 22.5. The van der Waals surface area contributed by atoms with Crippen molar-refractivity contribution < 1.29 is 48.7 Å². The summed E-state index contributed by atoms with van der Waals surface area (Å²) in [5, 5.41) is 28.8. The van der Waals surface area contributed by atoms with Gasteiger partial charge in [0, 0.05) is 36.0 Å². The van der Waals surface area contributed by atoms with Crippen molar-refractivity contribution >= 4 is 35.2 Å². The van der Waals surface area contributed by atoms with Crippen LogP contribution in [0.3, 0.4) is 0 Å². The Hall–Kier alpha value is -5.06. The first-order valence-electron chi connectivity index (χ1n) is 21.4. The van der Waals surface area contributed by atoms with Crippen molar-refractivity contribution in [2.45, 2.75) is 142 Å². The number of aromatic carboxylic acids is 3. The molecule has 0 heterocycles. The molecule has 0 aliphatic rings. The Morgan fingerprint density at radius 2 is 0.897 bits per heavy atom. The number of carbonyl (C=O) groups is 4. The van der Waals surface area contributed by atoms with Crippen molar-refractivity contribution in [3.05, 3.63) is 77.4 Å². The Morgan fingerprint density at radius 3 is 1.34 bits per heavy atom. The fraction of sp³-hybridized carbons (Fsp3) is 0.532. The fourth-order valence-corrected chi connectivity index (χ4v) is 6.75. The molecule has 11 heteroatoms. The summed E-state index contributed by atoms with van der Waals surface area (Å²) in [6.07, 6.45) is 21.4. The number of rotatable bonds is 32. The van der Waals surface area contributed by atoms with E-state index in [0.717, 1.165) is 37.8 Å². The highest BCUT2D eigenvalue weighted by Crippen LogP contribution is 2.31. The number of hydrogen-bond acceptors (Lipinski definition) is 7. The lowest BCUT2D eigenvalue weighted by Gasteiger charge is -2.24. The van der Waals surface area contributed by atoms with E-state index in [2.05, 4.69) is 13.8 Å². The molecule has 0 aromatic heterocycles. The number of carbonyl (C=O) groups excluding carboxylic acids is 1. The van der Waals surface area contributed by atoms with E-state index in [1.54, 1.807) is 6.07 Å². The van der Waals surface area contributed by atoms with Crippen LogP contribution in [0, 0.1) is 0 Å². The second-order valence-corrected chi connectivity index (χ2v) is 14.9. The molecule has 0 saturated heterocycles. The molecule has 3 rings (SSSR count). The van der Waals surface area contributed by atoms with Gasteiger partial charge in [-0.05, 0) is 68.5 Å². The maximum Gasteiger partial charge on any atom is 0.336 e. The molecule has 0 spiro atoms. The Balaban J connectivity index is 1.58. The maximum absolute atomic E-state index is 13.7. The molecule has 3 aromatic rings. The van der Waals surface area contributed by atoms with E-state index < -0.39 is 34.9 Å². The van der Waals surface area contributed by atoms with E-state index in [0.29, 0.717) is 56.3 Å². The summed E-state index contributed by atoms with van der Waals surface area (Å²) >= 11 is 0. The number of benzene rings is 3. The third-order valence-corrected chi connectivity index (χ3v) is 10.0. The molecule has 0 aliphatic carbocycles. The Morgan fingerprint density at radius 1 is 0.466 bits per heavy atom. The number of carboxylic acid groups (broad SMARTS) is 3. The van der Waals surface area contributed by atoms with Crippen LogP contribution in [0.1, 0.15) is 173 Å². The van der Waals surface area contributed by atoms with Gasteiger partial charge in [0.15, 0.2) is 0 Å². The van der Waals surface area contributed by atoms with Crippen LogP contribution in [-0.4, -0.2) is 59.0 Å². The number of anilines is 2. The zero-order chi connectivity index (χ0) is 42.0. The Bertz CT molecular complexity index is 1670. The molecule has 58 heavy (non-hydrogen) atoms. The summed E-state index contributed by atoms with van der Waals surface area (Å²) in [6, 6.07) is 15.0. The molecule has 0 saturated carbocycles. The van der Waals surface area contributed by atoms with E-state index in [1.165, 1.54) is 106 Å². The van der Waals surface area contributed by atoms with Gasteiger partial charge in [-0.25, -0.2) is 14.4 Å². The van der Waals surface area contributed by atoms with Crippen LogP contribution in [0.2, 0.25) is 0 Å². The zero-order valence-electron chi connectivity index (χ0n) is 34.7. The first kappa shape index (κ1) is 47.3. The monoisotopic (exact) mass is 803 g/mol. The Labute approximate surface area is 344 Å². The van der Waals surface area contributed by atoms with Crippen molar-refractivity contribution in [2.24, 2.45) is 0 Å². The van der Waals surface area contributed by atoms with Gasteiger partial charge in [-0.3, -0.25) is 9.69 Å². The summed E-state index contributed by atoms with van der Waals surface area (Å²) in [4.78, 5) is 50.2. The SMILES string of the molecule is CCCCCCCCCCOc1cc(OCCCCCCCCCC)cc(OCCCCCC(=O)N(c2cccc(C(=O)O)c2)c2ccc(C(=O)O)c(C(=O)O)c2)c1. The normalized spacial score (nSPS) is 10.9. The molecule has 3 N–H and O–H groups in total. The highest BCUT2D eigenvalue weighted by atomic mass is 16.5. The lowest BCUT2D eigenvalue weighted by molar-refractivity contribution is -0.118. The molecule has 0 atom stereocenters. The number of nitrogens with zero attached hydrogens (tertiary/aromatic N) is 1. The van der Waals surface area contributed by atoms with Crippen LogP contribution >= 0.6 is 0 Å². The fourth-order valence-electron chi connectivity index (χ4n) is 6.75. The van der Waals surface area contributed by atoms with Gasteiger partial charge >= 0.3 is 17.9 Å². The maximum atomic E-state index is 13.7. The molecule has 0 unspecified atom stereocenters. The molecule has 318 valence electrons. The van der Waals surface area contributed by atoms with Crippen molar-refractivity contribution in [3.8, 4) is 17.2 Å². The standard InChI is InChI=1S/C47H65NO10/c1-3-5-7-9-11-13-15-19-28-56-39-33-40(57-29-20-16-14-12-10-8-6-4-2)35-41(34-39)58-30-21-17-18-25-44(49)48(37-24-22-23-36(31-37)45(50)51)38-26-27-42(46(52)53)43(32-38)47(54)55/h22-24,26-27,31-35H,3-21,25,28-30H2,1-2H3,(H,50,51)(H,52,53)(H,54,55). The van der Waals surface area contributed by atoms with Gasteiger partial charge in [-0.2, -0.15) is 0 Å². The smallest absolute Gasteiger partial charge is 0.336 e. The summed E-state index contributed by atoms with van der Waals surface area (Å²) in [5.41, 5.74) is -0.636. The third-order valence-electron chi connectivity index (χ3n) is 10.0. The minimum absolute atomic E-state index is 0.0579. The van der Waals surface area contributed by atoms with Gasteiger partial charge in [0.2, 0.25) is 5.91 Å². The second kappa shape index (κ2) is 27.6. The quantitative estimate of drug-likeness (QED) is 0.0518. The topological polar surface area (TPSA) is 160 Å². The van der Waals surface area contributed by atoms with Gasteiger partial charge < -0.3 is 29.5 Å². The van der Waals surface area contributed by atoms with Crippen LogP contribution in [0.5, 0.6) is 17.2 Å².